The fourth-order valence-electron chi connectivity index (χ4n) is 2.12. The second-order valence-corrected chi connectivity index (χ2v) is 4.76. The van der Waals surface area contributed by atoms with Gasteiger partial charge in [0.15, 0.2) is 0 Å². The summed E-state index contributed by atoms with van der Waals surface area (Å²) in [6, 6.07) is 19.5. The van der Waals surface area contributed by atoms with E-state index in [0.717, 1.165) is 5.69 Å². The van der Waals surface area contributed by atoms with E-state index in [1.165, 1.54) is 0 Å². The van der Waals surface area contributed by atoms with E-state index < -0.39 is 0 Å². The van der Waals surface area contributed by atoms with E-state index in [-0.39, 0.29) is 11.6 Å². The first-order valence-corrected chi connectivity index (χ1v) is 7.30. The van der Waals surface area contributed by atoms with Crippen molar-refractivity contribution in [2.24, 2.45) is 5.10 Å². The Labute approximate surface area is 140 Å². The molecule has 6 nitrogen and oxygen atoms in total. The van der Waals surface area contributed by atoms with Gasteiger partial charge in [-0.05, 0) is 37.3 Å². The van der Waals surface area contributed by atoms with Crippen molar-refractivity contribution in [1.29, 1.82) is 10.5 Å². The first kappa shape index (κ1) is 16.7. The molecule has 0 aliphatic rings. The molecule has 1 amide bonds. The lowest BCUT2D eigenvalue weighted by Crippen LogP contribution is -2.30. The Kier molecular flexibility index (Phi) is 5.65. The first-order valence-electron chi connectivity index (χ1n) is 7.30. The molecule has 0 heterocycles. The van der Waals surface area contributed by atoms with E-state index in [2.05, 4.69) is 10.5 Å². The number of nitrogens with one attached hydrogen (secondary N) is 1. The van der Waals surface area contributed by atoms with Crippen LogP contribution in [0.2, 0.25) is 0 Å². The number of amides is 1. The molecule has 0 aliphatic carbocycles. The summed E-state index contributed by atoms with van der Waals surface area (Å²) in [5.41, 5.74) is 4.15. The van der Waals surface area contributed by atoms with Crippen molar-refractivity contribution in [2.45, 2.75) is 6.92 Å². The minimum atomic E-state index is -0.286. The Hall–Kier alpha value is -3.64. The zero-order valence-electron chi connectivity index (χ0n) is 13.1. The topological polar surface area (TPSA) is 92.3 Å². The van der Waals surface area contributed by atoms with Crippen LogP contribution in [0.4, 0.5) is 11.4 Å². The van der Waals surface area contributed by atoms with Crippen LogP contribution in [0.1, 0.15) is 17.3 Å². The van der Waals surface area contributed by atoms with Gasteiger partial charge < -0.3 is 4.90 Å². The van der Waals surface area contributed by atoms with E-state index in [1.54, 1.807) is 41.3 Å². The summed E-state index contributed by atoms with van der Waals surface area (Å²) < 4.78 is 0. The fraction of sp³-hybridized carbons (Fsp3) is 0.111. The van der Waals surface area contributed by atoms with Crippen molar-refractivity contribution in [1.82, 2.24) is 0 Å². The molecule has 0 aromatic heterocycles. The van der Waals surface area contributed by atoms with Crippen LogP contribution in [0.15, 0.2) is 59.7 Å². The van der Waals surface area contributed by atoms with Crippen molar-refractivity contribution in [2.75, 3.05) is 16.9 Å². The summed E-state index contributed by atoms with van der Waals surface area (Å²) in [4.78, 5) is 14.4. The van der Waals surface area contributed by atoms with Gasteiger partial charge in [0.05, 0.1) is 5.69 Å². The van der Waals surface area contributed by atoms with Crippen molar-refractivity contribution >= 4 is 23.0 Å². The Balaban J connectivity index is 2.24. The van der Waals surface area contributed by atoms with Gasteiger partial charge in [-0.3, -0.25) is 10.2 Å². The summed E-state index contributed by atoms with van der Waals surface area (Å²) in [5, 5.41) is 21.0. The zero-order chi connectivity index (χ0) is 17.4. The fourth-order valence-corrected chi connectivity index (χ4v) is 2.12. The molecular weight excluding hydrogens is 302 g/mol. The van der Waals surface area contributed by atoms with E-state index in [9.17, 15) is 4.79 Å². The standard InChI is InChI=1S/C18H15N5O/c1-2-23(17-9-4-3-5-10-17)18(24)14-7-6-8-15(11-14)21-22-16(12-19)13-20/h3-11,21H,2H2,1H3. The number of rotatable bonds is 5. The molecule has 1 N–H and O–H groups in total. The summed E-state index contributed by atoms with van der Waals surface area (Å²) in [5.74, 6) is -0.142. The van der Waals surface area contributed by atoms with Crippen LogP contribution in [-0.2, 0) is 0 Å². The summed E-state index contributed by atoms with van der Waals surface area (Å²) in [6.07, 6.45) is 0. The number of carbonyl (C=O) groups is 1. The van der Waals surface area contributed by atoms with E-state index in [0.29, 0.717) is 17.8 Å². The monoisotopic (exact) mass is 317 g/mol. The van der Waals surface area contributed by atoms with Gasteiger partial charge in [-0.2, -0.15) is 15.6 Å². The molecule has 118 valence electrons. The molecule has 0 radical (unpaired) electrons. The Bertz CT molecular complexity index is 814. The SMILES string of the molecule is CCN(C(=O)c1cccc(NN=C(C#N)C#N)c1)c1ccccc1. The van der Waals surface area contributed by atoms with Gasteiger partial charge in [-0.15, -0.1) is 0 Å². The van der Waals surface area contributed by atoms with Gasteiger partial charge >= 0.3 is 0 Å². The number of carbonyl (C=O) groups excluding carboxylic acids is 1. The van der Waals surface area contributed by atoms with Crippen LogP contribution in [0.3, 0.4) is 0 Å². The number of hydrogen-bond acceptors (Lipinski definition) is 5. The second-order valence-electron chi connectivity index (χ2n) is 4.76. The molecule has 0 atom stereocenters. The van der Waals surface area contributed by atoms with Gasteiger partial charge in [-0.1, -0.05) is 24.3 Å². The van der Waals surface area contributed by atoms with Crippen LogP contribution in [0.5, 0.6) is 0 Å². The number of nitrogens with zero attached hydrogens (tertiary/aromatic N) is 4. The number of nitriles is 2. The maximum absolute atomic E-state index is 12.7. The Morgan fingerprint density at radius 2 is 1.83 bits per heavy atom. The quantitative estimate of drug-likeness (QED) is 0.677. The average molecular weight is 317 g/mol. The molecule has 24 heavy (non-hydrogen) atoms. The molecule has 0 saturated carbocycles. The molecule has 0 saturated heterocycles. The third-order valence-electron chi connectivity index (χ3n) is 3.25. The number of hydrazone groups is 1. The van der Waals surface area contributed by atoms with Gasteiger partial charge in [0.25, 0.3) is 5.91 Å². The lowest BCUT2D eigenvalue weighted by atomic mass is 10.1. The van der Waals surface area contributed by atoms with Gasteiger partial charge in [0.1, 0.15) is 12.1 Å². The molecule has 0 spiro atoms. The zero-order valence-corrected chi connectivity index (χ0v) is 13.1. The molecule has 0 fully saturated rings. The lowest BCUT2D eigenvalue weighted by Gasteiger charge is -2.21. The Morgan fingerprint density at radius 3 is 2.46 bits per heavy atom. The van der Waals surface area contributed by atoms with Gasteiger partial charge in [-0.25, -0.2) is 0 Å². The highest BCUT2D eigenvalue weighted by Crippen LogP contribution is 2.18. The smallest absolute Gasteiger partial charge is 0.258 e. The highest BCUT2D eigenvalue weighted by atomic mass is 16.2. The van der Waals surface area contributed by atoms with Crippen molar-refractivity contribution in [3.05, 3.63) is 60.2 Å². The summed E-state index contributed by atoms with van der Waals surface area (Å²) in [6.45, 7) is 2.44. The van der Waals surface area contributed by atoms with E-state index >= 15 is 0 Å². The molecular formula is C18H15N5O. The number of benzene rings is 2. The highest BCUT2D eigenvalue weighted by molar-refractivity contribution is 6.10. The maximum atomic E-state index is 12.7. The molecule has 0 aliphatic heterocycles. The molecule has 6 heteroatoms. The largest absolute Gasteiger partial charge is 0.309 e. The van der Waals surface area contributed by atoms with Crippen molar-refractivity contribution < 1.29 is 4.79 Å². The molecule has 0 unspecified atom stereocenters. The summed E-state index contributed by atoms with van der Waals surface area (Å²) >= 11 is 0. The number of anilines is 2. The molecule has 2 aromatic carbocycles. The Morgan fingerprint density at radius 1 is 1.12 bits per heavy atom. The van der Waals surface area contributed by atoms with Gasteiger partial charge in [0, 0.05) is 17.8 Å². The van der Waals surface area contributed by atoms with Crippen LogP contribution < -0.4 is 10.3 Å². The third-order valence-corrected chi connectivity index (χ3v) is 3.25. The lowest BCUT2D eigenvalue weighted by molar-refractivity contribution is 0.0988. The number of hydrogen-bond donors (Lipinski definition) is 1. The third kappa shape index (κ3) is 3.96. The highest BCUT2D eigenvalue weighted by Gasteiger charge is 2.16. The number of para-hydroxylation sites is 1. The summed E-state index contributed by atoms with van der Waals surface area (Å²) in [7, 11) is 0. The predicted octanol–water partition coefficient (Wildman–Crippen LogP) is 3.17. The molecule has 2 aromatic rings. The minimum absolute atomic E-state index is 0.142. The normalized spacial score (nSPS) is 9.29. The van der Waals surface area contributed by atoms with E-state index in [4.69, 9.17) is 10.5 Å². The van der Waals surface area contributed by atoms with E-state index in [1.807, 2.05) is 37.3 Å². The minimum Gasteiger partial charge on any atom is -0.309 e. The van der Waals surface area contributed by atoms with Crippen LogP contribution in [0.25, 0.3) is 0 Å². The van der Waals surface area contributed by atoms with Gasteiger partial charge in [0.2, 0.25) is 5.71 Å². The molecule has 0 bridgehead atoms. The van der Waals surface area contributed by atoms with Crippen LogP contribution in [-0.4, -0.2) is 18.2 Å². The predicted molar refractivity (Wildman–Crippen MR) is 92.5 cm³/mol. The average Bonchev–Trinajstić information content (AvgIpc) is 2.64. The molecule has 2 rings (SSSR count). The van der Waals surface area contributed by atoms with Crippen LogP contribution in [0, 0.1) is 22.7 Å². The maximum Gasteiger partial charge on any atom is 0.258 e. The first-order chi connectivity index (χ1) is 11.7. The van der Waals surface area contributed by atoms with Crippen LogP contribution >= 0.6 is 0 Å². The second kappa shape index (κ2) is 8.11. The van der Waals surface area contributed by atoms with Crippen molar-refractivity contribution in [3.63, 3.8) is 0 Å². The van der Waals surface area contributed by atoms with Crippen molar-refractivity contribution in [3.8, 4) is 12.1 Å².